The van der Waals surface area contributed by atoms with E-state index in [1.54, 1.807) is 14.1 Å². The predicted molar refractivity (Wildman–Crippen MR) is 49.4 cm³/mol. The van der Waals surface area contributed by atoms with Crippen molar-refractivity contribution >= 4 is 16.5 Å². The number of halogens is 3. The average molecular weight is 220 g/mol. The van der Waals surface area contributed by atoms with Crippen molar-refractivity contribution in [1.29, 1.82) is 0 Å². The number of thiazole rings is 1. The van der Waals surface area contributed by atoms with Crippen LogP contribution in [0.3, 0.4) is 0 Å². The van der Waals surface area contributed by atoms with Gasteiger partial charge in [-0.15, -0.1) is 6.42 Å². The van der Waals surface area contributed by atoms with E-state index in [1.165, 1.54) is 4.90 Å². The van der Waals surface area contributed by atoms with Gasteiger partial charge in [-0.2, -0.15) is 13.2 Å². The first-order valence-electron chi connectivity index (χ1n) is 3.58. The molecule has 0 bridgehead atoms. The second kappa shape index (κ2) is 3.50. The van der Waals surface area contributed by atoms with Crippen molar-refractivity contribution in [3.8, 4) is 12.3 Å². The molecule has 0 N–H and O–H groups in total. The van der Waals surface area contributed by atoms with Gasteiger partial charge in [-0.1, -0.05) is 17.3 Å². The van der Waals surface area contributed by atoms with Crippen LogP contribution in [0.4, 0.5) is 18.3 Å². The van der Waals surface area contributed by atoms with Crippen molar-refractivity contribution in [2.45, 2.75) is 6.18 Å². The van der Waals surface area contributed by atoms with Gasteiger partial charge in [0, 0.05) is 14.1 Å². The molecule has 0 amide bonds. The molecule has 1 aromatic rings. The second-order valence-electron chi connectivity index (χ2n) is 2.71. The van der Waals surface area contributed by atoms with E-state index in [-0.39, 0.29) is 10.0 Å². The summed E-state index contributed by atoms with van der Waals surface area (Å²) in [6.45, 7) is 0. The van der Waals surface area contributed by atoms with Gasteiger partial charge in [0.2, 0.25) is 0 Å². The van der Waals surface area contributed by atoms with Crippen LogP contribution in [0.1, 0.15) is 10.6 Å². The fourth-order valence-corrected chi connectivity index (χ4v) is 1.61. The molecule has 0 aromatic carbocycles. The number of hydrogen-bond acceptors (Lipinski definition) is 3. The molecule has 0 aliphatic rings. The lowest BCUT2D eigenvalue weighted by Gasteiger charge is -2.05. The summed E-state index contributed by atoms with van der Waals surface area (Å²) in [4.78, 5) is 4.74. The van der Waals surface area contributed by atoms with Crippen LogP contribution in [0, 0.1) is 12.3 Å². The van der Waals surface area contributed by atoms with Crippen molar-refractivity contribution in [2.75, 3.05) is 19.0 Å². The Morgan fingerprint density at radius 1 is 1.43 bits per heavy atom. The number of alkyl halides is 3. The summed E-state index contributed by atoms with van der Waals surface area (Å²) in [5, 5.41) is 0.255. The van der Waals surface area contributed by atoms with Gasteiger partial charge in [-0.05, 0) is 0 Å². The Labute approximate surface area is 83.4 Å². The molecule has 0 fully saturated rings. The lowest BCUT2D eigenvalue weighted by Crippen LogP contribution is -2.11. The molecule has 1 rings (SSSR count). The number of aromatic nitrogens is 1. The van der Waals surface area contributed by atoms with E-state index < -0.39 is 11.9 Å². The molecule has 0 saturated heterocycles. The van der Waals surface area contributed by atoms with E-state index >= 15 is 0 Å². The Balaban J connectivity index is 3.24. The van der Waals surface area contributed by atoms with Crippen LogP contribution in [0.5, 0.6) is 0 Å². The van der Waals surface area contributed by atoms with Crippen LogP contribution in [0.2, 0.25) is 0 Å². The van der Waals surface area contributed by atoms with Crippen LogP contribution in [0.15, 0.2) is 0 Å². The molecule has 1 aromatic heterocycles. The lowest BCUT2D eigenvalue weighted by atomic mass is 10.3. The topological polar surface area (TPSA) is 16.1 Å². The van der Waals surface area contributed by atoms with E-state index in [1.807, 2.05) is 5.92 Å². The van der Waals surface area contributed by atoms with Gasteiger partial charge < -0.3 is 4.90 Å². The highest BCUT2D eigenvalue weighted by molar-refractivity contribution is 7.16. The third-order valence-electron chi connectivity index (χ3n) is 1.40. The van der Waals surface area contributed by atoms with Gasteiger partial charge in [0.25, 0.3) is 0 Å². The Bertz CT molecular complexity index is 373. The molecule has 76 valence electrons. The van der Waals surface area contributed by atoms with Gasteiger partial charge in [-0.25, -0.2) is 4.98 Å². The van der Waals surface area contributed by atoms with Gasteiger partial charge in [-0.3, -0.25) is 0 Å². The molecule has 0 aliphatic heterocycles. The first-order valence-corrected chi connectivity index (χ1v) is 4.40. The maximum Gasteiger partial charge on any atom is 0.435 e. The Kier molecular flexibility index (Phi) is 2.71. The predicted octanol–water partition coefficient (Wildman–Crippen LogP) is 2.21. The summed E-state index contributed by atoms with van der Waals surface area (Å²) >= 11 is 0.853. The monoisotopic (exact) mass is 220 g/mol. The normalized spacial score (nSPS) is 11.1. The highest BCUT2D eigenvalue weighted by atomic mass is 32.1. The summed E-state index contributed by atoms with van der Waals surface area (Å²) in [6.07, 6.45) is 0.483. The quantitative estimate of drug-likeness (QED) is 0.674. The molecule has 1 heterocycles. The largest absolute Gasteiger partial charge is 0.435 e. The molecule has 14 heavy (non-hydrogen) atoms. The van der Waals surface area contributed by atoms with Crippen LogP contribution in [-0.4, -0.2) is 19.1 Å². The van der Waals surface area contributed by atoms with Crippen molar-refractivity contribution in [1.82, 2.24) is 4.98 Å². The van der Waals surface area contributed by atoms with Crippen molar-refractivity contribution in [2.24, 2.45) is 0 Å². The zero-order valence-corrected chi connectivity index (χ0v) is 8.33. The maximum absolute atomic E-state index is 12.3. The summed E-state index contributed by atoms with van der Waals surface area (Å²) in [6, 6.07) is 0. The number of nitrogens with zero attached hydrogens (tertiary/aromatic N) is 2. The molecule has 2 nitrogen and oxygen atoms in total. The van der Waals surface area contributed by atoms with Crippen LogP contribution in [-0.2, 0) is 6.18 Å². The minimum Gasteiger partial charge on any atom is -0.354 e. The number of rotatable bonds is 1. The highest BCUT2D eigenvalue weighted by Gasteiger charge is 2.37. The average Bonchev–Trinajstić information content (AvgIpc) is 2.46. The minimum absolute atomic E-state index is 0.179. The third kappa shape index (κ3) is 1.99. The van der Waals surface area contributed by atoms with Crippen molar-refractivity contribution in [3.05, 3.63) is 10.6 Å². The molecule has 0 unspecified atom stereocenters. The molecule has 0 atom stereocenters. The molecular formula is C8H7F3N2S. The molecule has 0 radical (unpaired) electrons. The summed E-state index contributed by atoms with van der Waals surface area (Å²) in [5.41, 5.74) is -0.978. The number of hydrogen-bond donors (Lipinski definition) is 0. The molecular weight excluding hydrogens is 213 g/mol. The van der Waals surface area contributed by atoms with Crippen molar-refractivity contribution in [3.63, 3.8) is 0 Å². The zero-order chi connectivity index (χ0) is 10.9. The van der Waals surface area contributed by atoms with E-state index in [2.05, 4.69) is 4.98 Å². The zero-order valence-electron chi connectivity index (χ0n) is 7.51. The summed E-state index contributed by atoms with van der Waals surface area (Å²) < 4.78 is 37.0. The smallest absolute Gasteiger partial charge is 0.354 e. The minimum atomic E-state index is -4.48. The summed E-state index contributed by atoms with van der Waals surface area (Å²) in [5.74, 6) is 1.99. The van der Waals surface area contributed by atoms with Crippen LogP contribution >= 0.6 is 11.3 Å². The second-order valence-corrected chi connectivity index (χ2v) is 3.69. The van der Waals surface area contributed by atoms with Crippen molar-refractivity contribution < 1.29 is 13.2 Å². The molecule has 6 heteroatoms. The fraction of sp³-hybridized carbons (Fsp3) is 0.375. The van der Waals surface area contributed by atoms with E-state index in [4.69, 9.17) is 6.42 Å². The standard InChI is InChI=1S/C8H7F3N2S/c1-4-5-6(8(9,10)11)12-7(14-5)13(2)3/h1H,2-3H3. The van der Waals surface area contributed by atoms with Gasteiger partial charge >= 0.3 is 6.18 Å². The Morgan fingerprint density at radius 3 is 2.29 bits per heavy atom. The van der Waals surface area contributed by atoms with Gasteiger partial charge in [0.05, 0.1) is 0 Å². The van der Waals surface area contributed by atoms with E-state index in [0.29, 0.717) is 0 Å². The van der Waals surface area contributed by atoms with Crippen LogP contribution < -0.4 is 4.90 Å². The summed E-state index contributed by atoms with van der Waals surface area (Å²) in [7, 11) is 3.22. The van der Waals surface area contributed by atoms with Gasteiger partial charge in [0.1, 0.15) is 4.88 Å². The SMILES string of the molecule is C#Cc1sc(N(C)C)nc1C(F)(F)F. The van der Waals surface area contributed by atoms with E-state index in [9.17, 15) is 13.2 Å². The molecule has 0 spiro atoms. The lowest BCUT2D eigenvalue weighted by molar-refractivity contribution is -0.140. The first-order chi connectivity index (χ1) is 6.36. The Hall–Kier alpha value is -1.22. The highest BCUT2D eigenvalue weighted by Crippen LogP contribution is 2.36. The Morgan fingerprint density at radius 2 is 2.00 bits per heavy atom. The number of anilines is 1. The molecule has 0 saturated carbocycles. The van der Waals surface area contributed by atoms with Gasteiger partial charge in [0.15, 0.2) is 10.8 Å². The maximum atomic E-state index is 12.3. The third-order valence-corrected chi connectivity index (χ3v) is 2.55. The van der Waals surface area contributed by atoms with E-state index in [0.717, 1.165) is 11.3 Å². The first kappa shape index (κ1) is 10.9. The van der Waals surface area contributed by atoms with Crippen LogP contribution in [0.25, 0.3) is 0 Å². The number of terminal acetylenes is 1. The fourth-order valence-electron chi connectivity index (χ4n) is 0.790. The molecule has 0 aliphatic carbocycles.